The van der Waals surface area contributed by atoms with Gasteiger partial charge in [-0.15, -0.1) is 0 Å². The highest BCUT2D eigenvalue weighted by Gasteiger charge is 2.51. The van der Waals surface area contributed by atoms with Gasteiger partial charge in [-0.2, -0.15) is 26.3 Å². The van der Waals surface area contributed by atoms with E-state index in [0.717, 1.165) is 12.1 Å². The predicted octanol–water partition coefficient (Wildman–Crippen LogP) is 4.89. The van der Waals surface area contributed by atoms with Crippen LogP contribution in [0.15, 0.2) is 24.5 Å². The molecular weight excluding hydrogens is 465 g/mol. The molecule has 0 aliphatic carbocycles. The molecule has 1 aromatic heterocycles. The topological polar surface area (TPSA) is 87.1 Å². The van der Waals surface area contributed by atoms with Crippen LogP contribution in [0, 0.1) is 0 Å². The highest BCUT2D eigenvalue weighted by Crippen LogP contribution is 2.42. The van der Waals surface area contributed by atoms with Crippen LogP contribution in [0.5, 0.6) is 0 Å². The third kappa shape index (κ3) is 5.43. The van der Waals surface area contributed by atoms with Gasteiger partial charge in [-0.25, -0.2) is 14.8 Å². The Bertz CT molecular complexity index is 910. The number of carbonyl (C=O) groups is 1. The van der Waals surface area contributed by atoms with Crippen LogP contribution in [0.2, 0.25) is 10.0 Å². The summed E-state index contributed by atoms with van der Waals surface area (Å²) in [6.07, 6.45) is -8.53. The van der Waals surface area contributed by atoms with E-state index in [1.165, 1.54) is 0 Å². The Balaban J connectivity index is 2.08. The Kier molecular flexibility index (Phi) is 6.74. The number of carbonyl (C=O) groups excluding carboxylic acids is 1. The molecule has 0 spiro atoms. The minimum absolute atomic E-state index is 0.132. The van der Waals surface area contributed by atoms with Crippen molar-refractivity contribution in [3.8, 4) is 0 Å². The average molecular weight is 477 g/mol. The van der Waals surface area contributed by atoms with E-state index in [1.807, 2.05) is 0 Å². The van der Waals surface area contributed by atoms with Gasteiger partial charge in [-0.3, -0.25) is 0 Å². The summed E-state index contributed by atoms with van der Waals surface area (Å²) in [4.78, 5) is 18.9. The monoisotopic (exact) mass is 476 g/mol. The number of hydrogen-bond donors (Lipinski definition) is 3. The first-order chi connectivity index (χ1) is 13.6. The molecular formula is C16H12Cl2F6N4O2. The quantitative estimate of drug-likeness (QED) is 0.548. The second kappa shape index (κ2) is 8.44. The first kappa shape index (κ1) is 24.0. The number of amides is 2. The van der Waals surface area contributed by atoms with E-state index >= 15 is 0 Å². The molecule has 2 amide bonds. The minimum Gasteiger partial charge on any atom is -0.376 e. The Labute approximate surface area is 175 Å². The van der Waals surface area contributed by atoms with Gasteiger partial charge in [0.25, 0.3) is 0 Å². The molecule has 6 nitrogen and oxygen atoms in total. The van der Waals surface area contributed by atoms with Gasteiger partial charge in [0, 0.05) is 12.4 Å². The highest BCUT2D eigenvalue weighted by molar-refractivity contribution is 6.39. The lowest BCUT2D eigenvalue weighted by molar-refractivity contribution is -0.258. The number of anilines is 1. The summed E-state index contributed by atoms with van der Waals surface area (Å²) in [6.45, 7) is 0.152. The number of urea groups is 1. The van der Waals surface area contributed by atoms with E-state index in [1.54, 1.807) is 0 Å². The molecule has 0 saturated carbocycles. The number of nitrogens with zero attached hydrogens (tertiary/aromatic N) is 2. The standard InChI is InChI=1S/C16H12Cl2F6N4O2/c1-14(30,16(22,23)24)7-2-9(17)12(10(18)3-7)28-13(29)27-6-11-25-4-8(5-26-11)15(19,20)21/h2-5,30H,6H2,1H3,(H2,27,28,29)/t14-/m0/s1. The molecule has 14 heteroatoms. The Morgan fingerprint density at radius 3 is 1.97 bits per heavy atom. The van der Waals surface area contributed by atoms with Crippen LogP contribution >= 0.6 is 23.2 Å². The van der Waals surface area contributed by atoms with Crippen LogP contribution in [-0.2, 0) is 18.3 Å². The van der Waals surface area contributed by atoms with E-state index in [-0.39, 0.29) is 28.1 Å². The van der Waals surface area contributed by atoms with Crippen molar-refractivity contribution in [3.63, 3.8) is 0 Å². The van der Waals surface area contributed by atoms with Crippen LogP contribution in [0.25, 0.3) is 0 Å². The molecule has 1 atom stereocenters. The van der Waals surface area contributed by atoms with Crippen molar-refractivity contribution in [1.82, 2.24) is 15.3 Å². The molecule has 1 aromatic carbocycles. The molecule has 3 N–H and O–H groups in total. The number of nitrogens with one attached hydrogen (secondary N) is 2. The van der Waals surface area contributed by atoms with Crippen LogP contribution < -0.4 is 10.6 Å². The number of alkyl halides is 6. The van der Waals surface area contributed by atoms with E-state index < -0.39 is 35.1 Å². The number of benzene rings is 1. The fourth-order valence-corrected chi connectivity index (χ4v) is 2.63. The Morgan fingerprint density at radius 2 is 1.53 bits per heavy atom. The highest BCUT2D eigenvalue weighted by atomic mass is 35.5. The molecule has 0 fully saturated rings. The van der Waals surface area contributed by atoms with E-state index in [9.17, 15) is 36.2 Å². The lowest BCUT2D eigenvalue weighted by Crippen LogP contribution is -2.39. The predicted molar refractivity (Wildman–Crippen MR) is 95.0 cm³/mol. The lowest BCUT2D eigenvalue weighted by atomic mass is 9.95. The third-order valence-electron chi connectivity index (χ3n) is 3.83. The van der Waals surface area contributed by atoms with Crippen molar-refractivity contribution in [3.05, 3.63) is 51.5 Å². The lowest BCUT2D eigenvalue weighted by Gasteiger charge is -2.27. The molecule has 0 radical (unpaired) electrons. The number of hydrogen-bond acceptors (Lipinski definition) is 4. The zero-order valence-corrected chi connectivity index (χ0v) is 16.3. The summed E-state index contributed by atoms with van der Waals surface area (Å²) < 4.78 is 76.2. The van der Waals surface area contributed by atoms with Gasteiger partial charge in [0.2, 0.25) is 0 Å². The van der Waals surface area contributed by atoms with Crippen LogP contribution in [0.1, 0.15) is 23.9 Å². The van der Waals surface area contributed by atoms with Gasteiger partial charge < -0.3 is 15.7 Å². The van der Waals surface area contributed by atoms with Crippen molar-refractivity contribution in [1.29, 1.82) is 0 Å². The SMILES string of the molecule is C[C@](O)(c1cc(Cl)c(NC(=O)NCc2ncc(C(F)(F)F)cn2)c(Cl)c1)C(F)(F)F. The molecule has 0 saturated heterocycles. The molecule has 1 heterocycles. The smallest absolute Gasteiger partial charge is 0.376 e. The van der Waals surface area contributed by atoms with Crippen molar-refractivity contribution in [2.24, 2.45) is 0 Å². The van der Waals surface area contributed by atoms with Crippen LogP contribution in [0.4, 0.5) is 36.8 Å². The van der Waals surface area contributed by atoms with Gasteiger partial charge in [0.1, 0.15) is 5.82 Å². The normalized spacial score (nSPS) is 14.2. The van der Waals surface area contributed by atoms with Crippen molar-refractivity contribution >= 4 is 34.9 Å². The number of halogens is 8. The maximum Gasteiger partial charge on any atom is 0.421 e. The van der Waals surface area contributed by atoms with Crippen molar-refractivity contribution in [2.45, 2.75) is 31.4 Å². The summed E-state index contributed by atoms with van der Waals surface area (Å²) in [5, 5.41) is 13.3. The average Bonchev–Trinajstić information content (AvgIpc) is 2.61. The first-order valence-corrected chi connectivity index (χ1v) is 8.60. The molecule has 30 heavy (non-hydrogen) atoms. The number of aliphatic hydroxyl groups is 1. The summed E-state index contributed by atoms with van der Waals surface area (Å²) in [5.74, 6) is -0.132. The van der Waals surface area contributed by atoms with E-state index in [4.69, 9.17) is 23.2 Å². The maximum atomic E-state index is 13.0. The van der Waals surface area contributed by atoms with E-state index in [0.29, 0.717) is 19.3 Å². The summed E-state index contributed by atoms with van der Waals surface area (Å²) in [5.41, 5.74) is -5.19. The molecule has 0 aliphatic rings. The number of aromatic nitrogens is 2. The zero-order valence-electron chi connectivity index (χ0n) is 14.8. The summed E-state index contributed by atoms with van der Waals surface area (Å²) in [6, 6.07) is 0.642. The van der Waals surface area contributed by atoms with Gasteiger partial charge in [0.05, 0.1) is 27.8 Å². The third-order valence-corrected chi connectivity index (χ3v) is 4.43. The van der Waals surface area contributed by atoms with Crippen molar-refractivity contribution < 1.29 is 36.2 Å². The Morgan fingerprint density at radius 1 is 1.03 bits per heavy atom. The first-order valence-electron chi connectivity index (χ1n) is 7.84. The zero-order chi connectivity index (χ0) is 22.9. The second-order valence-corrected chi connectivity index (χ2v) is 6.89. The number of rotatable bonds is 4. The van der Waals surface area contributed by atoms with Gasteiger partial charge in [-0.1, -0.05) is 23.2 Å². The fraction of sp³-hybridized carbons (Fsp3) is 0.312. The largest absolute Gasteiger partial charge is 0.421 e. The van der Waals surface area contributed by atoms with Crippen LogP contribution in [-0.4, -0.2) is 27.3 Å². The fourth-order valence-electron chi connectivity index (χ4n) is 2.05. The molecule has 164 valence electrons. The molecule has 0 aliphatic heterocycles. The Hall–Kier alpha value is -2.31. The van der Waals surface area contributed by atoms with Gasteiger partial charge in [0.15, 0.2) is 5.60 Å². The molecule has 2 aromatic rings. The van der Waals surface area contributed by atoms with E-state index in [2.05, 4.69) is 20.6 Å². The summed E-state index contributed by atoms with van der Waals surface area (Å²) >= 11 is 11.8. The molecule has 0 unspecified atom stereocenters. The molecule has 2 rings (SSSR count). The maximum absolute atomic E-state index is 13.0. The van der Waals surface area contributed by atoms with Crippen LogP contribution in [0.3, 0.4) is 0 Å². The van der Waals surface area contributed by atoms with Crippen molar-refractivity contribution in [2.75, 3.05) is 5.32 Å². The minimum atomic E-state index is -5.01. The summed E-state index contributed by atoms with van der Waals surface area (Å²) in [7, 11) is 0. The second-order valence-electron chi connectivity index (χ2n) is 6.08. The molecule has 0 bridgehead atoms. The van der Waals surface area contributed by atoms with Gasteiger partial charge >= 0.3 is 18.4 Å². The van der Waals surface area contributed by atoms with Gasteiger partial charge in [-0.05, 0) is 24.6 Å².